The van der Waals surface area contributed by atoms with Gasteiger partial charge in [0.05, 0.1) is 24.6 Å². The van der Waals surface area contributed by atoms with Crippen molar-refractivity contribution in [3.8, 4) is 0 Å². The lowest BCUT2D eigenvalue weighted by Gasteiger charge is -2.30. The van der Waals surface area contributed by atoms with Crippen LogP contribution in [0, 0.1) is 0 Å². The highest BCUT2D eigenvalue weighted by Crippen LogP contribution is 2.31. The highest BCUT2D eigenvalue weighted by Gasteiger charge is 2.18. The number of ether oxygens (including phenoxy) is 1. The first-order chi connectivity index (χ1) is 13.1. The van der Waals surface area contributed by atoms with Crippen LogP contribution in [0.3, 0.4) is 0 Å². The summed E-state index contributed by atoms with van der Waals surface area (Å²) < 4.78 is 5.43. The largest absolute Gasteiger partial charge is 0.378 e. The maximum atomic E-state index is 13.0. The number of nitrogens with zero attached hydrogens (tertiary/aromatic N) is 1. The highest BCUT2D eigenvalue weighted by molar-refractivity contribution is 6.36. The second-order valence-corrected chi connectivity index (χ2v) is 7.20. The van der Waals surface area contributed by atoms with Gasteiger partial charge in [0.1, 0.15) is 0 Å². The molecule has 1 saturated heterocycles. The number of carbonyl (C=O) groups excluding carboxylic acids is 1. The zero-order valence-corrected chi connectivity index (χ0v) is 16.1. The van der Waals surface area contributed by atoms with Gasteiger partial charge in [-0.25, -0.2) is 0 Å². The fourth-order valence-electron chi connectivity index (χ4n) is 3.35. The number of carbonyl (C=O) groups is 1. The van der Waals surface area contributed by atoms with Gasteiger partial charge in [-0.15, -0.1) is 0 Å². The van der Waals surface area contributed by atoms with Crippen LogP contribution in [-0.2, 0) is 4.74 Å². The molecule has 0 aliphatic carbocycles. The first-order valence-corrected chi connectivity index (χ1v) is 9.50. The average Bonchev–Trinajstić information content (AvgIpc) is 2.69. The second kappa shape index (κ2) is 7.77. The summed E-state index contributed by atoms with van der Waals surface area (Å²) in [5.41, 5.74) is 2.20. The molecule has 0 unspecified atom stereocenters. The molecule has 1 N–H and O–H groups in total. The molecule has 4 rings (SSSR count). The van der Waals surface area contributed by atoms with E-state index in [-0.39, 0.29) is 5.91 Å². The molecule has 4 nitrogen and oxygen atoms in total. The van der Waals surface area contributed by atoms with Crippen molar-refractivity contribution in [2.45, 2.75) is 0 Å². The number of fused-ring (bicyclic) bond motifs is 1. The zero-order chi connectivity index (χ0) is 18.8. The van der Waals surface area contributed by atoms with Crippen LogP contribution in [0.2, 0.25) is 10.0 Å². The summed E-state index contributed by atoms with van der Waals surface area (Å²) >= 11 is 12.5. The van der Waals surface area contributed by atoms with Gasteiger partial charge in [0.2, 0.25) is 0 Å². The topological polar surface area (TPSA) is 41.6 Å². The first-order valence-electron chi connectivity index (χ1n) is 8.74. The van der Waals surface area contributed by atoms with Crippen molar-refractivity contribution in [2.75, 3.05) is 36.5 Å². The third-order valence-corrected chi connectivity index (χ3v) is 5.24. The summed E-state index contributed by atoms with van der Waals surface area (Å²) in [5.74, 6) is -0.195. The van der Waals surface area contributed by atoms with Crippen LogP contribution < -0.4 is 10.2 Å². The Morgan fingerprint density at radius 3 is 2.52 bits per heavy atom. The summed E-state index contributed by atoms with van der Waals surface area (Å²) in [6, 6.07) is 16.7. The molecule has 0 atom stereocenters. The molecule has 27 heavy (non-hydrogen) atoms. The van der Waals surface area contributed by atoms with Gasteiger partial charge in [0.15, 0.2) is 0 Å². The minimum Gasteiger partial charge on any atom is -0.378 e. The molecule has 1 aliphatic rings. The number of morpholine rings is 1. The van der Waals surface area contributed by atoms with E-state index in [0.717, 1.165) is 29.5 Å². The van der Waals surface area contributed by atoms with Gasteiger partial charge in [-0.05, 0) is 35.7 Å². The van der Waals surface area contributed by atoms with Gasteiger partial charge in [0, 0.05) is 34.1 Å². The molecule has 1 heterocycles. The first kappa shape index (κ1) is 18.1. The van der Waals surface area contributed by atoms with Crippen molar-refractivity contribution in [3.05, 3.63) is 70.2 Å². The lowest BCUT2D eigenvalue weighted by Crippen LogP contribution is -2.36. The third kappa shape index (κ3) is 3.74. The summed E-state index contributed by atoms with van der Waals surface area (Å²) in [6.45, 7) is 2.87. The minimum atomic E-state index is -0.195. The SMILES string of the molecule is O=C(Nc1cc(Cl)ccc1N1CCOCC1)c1cccc2c(Cl)cccc12. The predicted octanol–water partition coefficient (Wildman–Crippen LogP) is 5.24. The summed E-state index contributed by atoms with van der Waals surface area (Å²) in [6.07, 6.45) is 0. The van der Waals surface area contributed by atoms with Gasteiger partial charge >= 0.3 is 0 Å². The van der Waals surface area contributed by atoms with Crippen LogP contribution in [0.5, 0.6) is 0 Å². The average molecular weight is 401 g/mol. The van der Waals surface area contributed by atoms with E-state index in [1.807, 2.05) is 42.5 Å². The van der Waals surface area contributed by atoms with Crippen LogP contribution in [0.15, 0.2) is 54.6 Å². The number of rotatable bonds is 3. The maximum absolute atomic E-state index is 13.0. The monoisotopic (exact) mass is 400 g/mol. The summed E-state index contributed by atoms with van der Waals surface area (Å²) in [5, 5.41) is 5.89. The van der Waals surface area contributed by atoms with Crippen LogP contribution in [0.25, 0.3) is 10.8 Å². The Morgan fingerprint density at radius 2 is 1.70 bits per heavy atom. The van der Waals surface area contributed by atoms with Gasteiger partial charge in [-0.3, -0.25) is 4.79 Å². The Kier molecular flexibility index (Phi) is 5.21. The molecule has 0 radical (unpaired) electrons. The van der Waals surface area contributed by atoms with E-state index in [1.165, 1.54) is 0 Å². The number of nitrogens with one attached hydrogen (secondary N) is 1. The number of benzene rings is 3. The van der Waals surface area contributed by atoms with Crippen LogP contribution in [-0.4, -0.2) is 32.2 Å². The fraction of sp³-hybridized carbons (Fsp3) is 0.190. The van der Waals surface area contributed by atoms with E-state index in [1.54, 1.807) is 12.1 Å². The van der Waals surface area contributed by atoms with Gasteiger partial charge in [0.25, 0.3) is 5.91 Å². The molecular formula is C21H18Cl2N2O2. The van der Waals surface area contributed by atoms with Crippen molar-refractivity contribution >= 4 is 51.3 Å². The van der Waals surface area contributed by atoms with Crippen molar-refractivity contribution in [1.82, 2.24) is 0 Å². The second-order valence-electron chi connectivity index (χ2n) is 6.36. The van der Waals surface area contributed by atoms with Crippen molar-refractivity contribution in [1.29, 1.82) is 0 Å². The van der Waals surface area contributed by atoms with E-state index < -0.39 is 0 Å². The van der Waals surface area contributed by atoms with Crippen molar-refractivity contribution < 1.29 is 9.53 Å². The lowest BCUT2D eigenvalue weighted by molar-refractivity contribution is 0.102. The Bertz CT molecular complexity index is 1000. The molecule has 1 aliphatic heterocycles. The number of hydrogen-bond donors (Lipinski definition) is 1. The Balaban J connectivity index is 1.69. The van der Waals surface area contributed by atoms with E-state index in [2.05, 4.69) is 10.2 Å². The molecule has 0 spiro atoms. The number of halogens is 2. The third-order valence-electron chi connectivity index (χ3n) is 4.67. The van der Waals surface area contributed by atoms with E-state index in [4.69, 9.17) is 27.9 Å². The molecule has 1 amide bonds. The van der Waals surface area contributed by atoms with Gasteiger partial charge in [-0.2, -0.15) is 0 Å². The standard InChI is InChI=1S/C21H18Cl2N2O2/c22-14-7-8-20(25-9-11-27-12-10-25)19(13-14)24-21(26)17-5-1-4-16-15(17)3-2-6-18(16)23/h1-8,13H,9-12H2,(H,24,26). The number of anilines is 2. The maximum Gasteiger partial charge on any atom is 0.256 e. The molecule has 0 bridgehead atoms. The van der Waals surface area contributed by atoms with Crippen LogP contribution >= 0.6 is 23.2 Å². The number of hydrogen-bond acceptors (Lipinski definition) is 3. The smallest absolute Gasteiger partial charge is 0.256 e. The molecular weight excluding hydrogens is 383 g/mol. The Hall–Kier alpha value is -2.27. The summed E-state index contributed by atoms with van der Waals surface area (Å²) in [7, 11) is 0. The van der Waals surface area contributed by atoms with Crippen molar-refractivity contribution in [2.24, 2.45) is 0 Å². The van der Waals surface area contributed by atoms with E-state index in [0.29, 0.717) is 34.5 Å². The van der Waals surface area contributed by atoms with Gasteiger partial charge < -0.3 is 15.0 Å². The molecule has 0 aromatic heterocycles. The molecule has 1 fully saturated rings. The van der Waals surface area contributed by atoms with Crippen LogP contribution in [0.1, 0.15) is 10.4 Å². The Morgan fingerprint density at radius 1 is 0.963 bits per heavy atom. The predicted molar refractivity (Wildman–Crippen MR) is 111 cm³/mol. The fourth-order valence-corrected chi connectivity index (χ4v) is 3.76. The lowest BCUT2D eigenvalue weighted by atomic mass is 10.0. The molecule has 0 saturated carbocycles. The Labute approximate surface area is 167 Å². The summed E-state index contributed by atoms with van der Waals surface area (Å²) in [4.78, 5) is 15.2. The quantitative estimate of drug-likeness (QED) is 0.653. The molecule has 3 aromatic rings. The minimum absolute atomic E-state index is 0.195. The molecule has 6 heteroatoms. The van der Waals surface area contributed by atoms with E-state index >= 15 is 0 Å². The van der Waals surface area contributed by atoms with Gasteiger partial charge in [-0.1, -0.05) is 47.5 Å². The molecule has 138 valence electrons. The van der Waals surface area contributed by atoms with Crippen LogP contribution in [0.4, 0.5) is 11.4 Å². The van der Waals surface area contributed by atoms with E-state index in [9.17, 15) is 4.79 Å². The van der Waals surface area contributed by atoms with Crippen molar-refractivity contribution in [3.63, 3.8) is 0 Å². The highest BCUT2D eigenvalue weighted by atomic mass is 35.5. The number of amides is 1. The zero-order valence-electron chi connectivity index (χ0n) is 14.5. The normalized spacial score (nSPS) is 14.4. The molecule has 3 aromatic carbocycles.